The number of esters is 1. The van der Waals surface area contributed by atoms with Gasteiger partial charge in [-0.1, -0.05) is 0 Å². The van der Waals surface area contributed by atoms with Crippen molar-refractivity contribution in [3.63, 3.8) is 0 Å². The minimum Gasteiger partial charge on any atom is -0.496 e. The van der Waals surface area contributed by atoms with E-state index in [9.17, 15) is 23.3 Å². The lowest BCUT2D eigenvalue weighted by atomic mass is 10.1. The van der Waals surface area contributed by atoms with E-state index in [2.05, 4.69) is 0 Å². The standard InChI is InChI=1S/C18H20N2O7S/c1-11-8-13(9-17(12(11)2)28(24,25)19(3)4)18(21)27-16-7-6-14(26-5)10-15(16)20(22)23/h6-10H,1-5H3. The molecule has 0 bridgehead atoms. The first-order valence-corrected chi connectivity index (χ1v) is 9.51. The highest BCUT2D eigenvalue weighted by Crippen LogP contribution is 2.32. The van der Waals surface area contributed by atoms with Gasteiger partial charge in [0, 0.05) is 14.1 Å². The molecule has 0 aromatic heterocycles. The van der Waals surface area contributed by atoms with Crippen molar-refractivity contribution >= 4 is 21.7 Å². The van der Waals surface area contributed by atoms with Crippen LogP contribution in [0, 0.1) is 24.0 Å². The van der Waals surface area contributed by atoms with Crippen LogP contribution in [0.5, 0.6) is 11.5 Å². The number of hydrogen-bond acceptors (Lipinski definition) is 7. The number of rotatable bonds is 6. The predicted molar refractivity (Wildman–Crippen MR) is 101 cm³/mol. The van der Waals surface area contributed by atoms with E-state index >= 15 is 0 Å². The number of ether oxygens (including phenoxy) is 2. The molecular weight excluding hydrogens is 388 g/mol. The Morgan fingerprint density at radius 1 is 1.14 bits per heavy atom. The number of carbonyl (C=O) groups is 1. The van der Waals surface area contributed by atoms with E-state index in [-0.39, 0.29) is 22.0 Å². The van der Waals surface area contributed by atoms with Crippen molar-refractivity contribution in [3.8, 4) is 11.5 Å². The number of hydrogen-bond donors (Lipinski definition) is 0. The number of methoxy groups -OCH3 is 1. The minimum atomic E-state index is -3.79. The van der Waals surface area contributed by atoms with Crippen molar-refractivity contribution in [1.82, 2.24) is 4.31 Å². The zero-order valence-corrected chi connectivity index (χ0v) is 16.9. The molecule has 150 valence electrons. The van der Waals surface area contributed by atoms with Gasteiger partial charge in [-0.05, 0) is 49.2 Å². The van der Waals surface area contributed by atoms with Crippen molar-refractivity contribution in [2.45, 2.75) is 18.7 Å². The summed E-state index contributed by atoms with van der Waals surface area (Å²) in [5.74, 6) is -0.949. The van der Waals surface area contributed by atoms with Gasteiger partial charge in [-0.3, -0.25) is 10.1 Å². The molecule has 0 fully saturated rings. The Labute approximate surface area is 162 Å². The summed E-state index contributed by atoms with van der Waals surface area (Å²) in [7, 11) is 0.334. The second-order valence-electron chi connectivity index (χ2n) is 6.18. The lowest BCUT2D eigenvalue weighted by Crippen LogP contribution is -2.24. The summed E-state index contributed by atoms with van der Waals surface area (Å²) in [5, 5.41) is 11.2. The molecule has 2 rings (SSSR count). The summed E-state index contributed by atoms with van der Waals surface area (Å²) >= 11 is 0. The third-order valence-corrected chi connectivity index (χ3v) is 6.12. The Morgan fingerprint density at radius 2 is 1.79 bits per heavy atom. The highest BCUT2D eigenvalue weighted by molar-refractivity contribution is 7.89. The normalized spacial score (nSPS) is 11.4. The highest BCUT2D eigenvalue weighted by Gasteiger charge is 2.25. The molecule has 0 atom stereocenters. The van der Waals surface area contributed by atoms with E-state index in [4.69, 9.17) is 9.47 Å². The van der Waals surface area contributed by atoms with Gasteiger partial charge in [0.2, 0.25) is 15.8 Å². The van der Waals surface area contributed by atoms with Gasteiger partial charge in [-0.25, -0.2) is 17.5 Å². The zero-order chi connectivity index (χ0) is 21.2. The van der Waals surface area contributed by atoms with E-state index < -0.39 is 26.6 Å². The van der Waals surface area contributed by atoms with Crippen LogP contribution < -0.4 is 9.47 Å². The third kappa shape index (κ3) is 4.12. The highest BCUT2D eigenvalue weighted by atomic mass is 32.2. The Bertz CT molecular complexity index is 1050. The molecular formula is C18H20N2O7S. The SMILES string of the molecule is COc1ccc(OC(=O)c2cc(C)c(C)c(S(=O)(=O)N(C)C)c2)c([N+](=O)[O-])c1. The lowest BCUT2D eigenvalue weighted by molar-refractivity contribution is -0.385. The van der Waals surface area contributed by atoms with E-state index in [0.717, 1.165) is 10.4 Å². The smallest absolute Gasteiger partial charge is 0.343 e. The van der Waals surface area contributed by atoms with Crippen LogP contribution in [0.25, 0.3) is 0 Å². The first kappa shape index (κ1) is 21.3. The summed E-state index contributed by atoms with van der Waals surface area (Å²) in [5.41, 5.74) is 0.589. The summed E-state index contributed by atoms with van der Waals surface area (Å²) in [6, 6.07) is 6.47. The number of nitrogens with zero attached hydrogens (tertiary/aromatic N) is 2. The number of carbonyl (C=O) groups excluding carboxylic acids is 1. The molecule has 28 heavy (non-hydrogen) atoms. The van der Waals surface area contributed by atoms with Crippen LogP contribution in [0.1, 0.15) is 21.5 Å². The first-order valence-electron chi connectivity index (χ1n) is 8.07. The molecule has 0 saturated heterocycles. The van der Waals surface area contributed by atoms with Crippen LogP contribution in [0.4, 0.5) is 5.69 Å². The monoisotopic (exact) mass is 408 g/mol. The summed E-state index contributed by atoms with van der Waals surface area (Å²) in [6.07, 6.45) is 0. The van der Waals surface area contributed by atoms with Gasteiger partial charge in [0.15, 0.2) is 0 Å². The second kappa shape index (κ2) is 7.95. The largest absolute Gasteiger partial charge is 0.496 e. The van der Waals surface area contributed by atoms with Gasteiger partial charge in [-0.15, -0.1) is 0 Å². The molecule has 10 heteroatoms. The lowest BCUT2D eigenvalue weighted by Gasteiger charge is -2.16. The van der Waals surface area contributed by atoms with Gasteiger partial charge < -0.3 is 9.47 Å². The maximum atomic E-state index is 12.6. The molecule has 0 saturated carbocycles. The van der Waals surface area contributed by atoms with Gasteiger partial charge in [0.05, 0.1) is 28.6 Å². The van der Waals surface area contributed by atoms with E-state index in [1.165, 1.54) is 45.5 Å². The van der Waals surface area contributed by atoms with Gasteiger partial charge >= 0.3 is 11.7 Å². The van der Waals surface area contributed by atoms with Crippen LogP contribution in [-0.4, -0.2) is 44.8 Å². The Morgan fingerprint density at radius 3 is 2.32 bits per heavy atom. The molecule has 0 unspecified atom stereocenters. The van der Waals surface area contributed by atoms with Crippen molar-refractivity contribution in [3.05, 3.63) is 57.1 Å². The number of aryl methyl sites for hydroxylation is 1. The van der Waals surface area contributed by atoms with Crippen LogP contribution in [-0.2, 0) is 10.0 Å². The van der Waals surface area contributed by atoms with Crippen molar-refractivity contribution in [1.29, 1.82) is 0 Å². The number of benzene rings is 2. The average Bonchev–Trinajstić information content (AvgIpc) is 2.63. The Balaban J connectivity index is 2.49. The quantitative estimate of drug-likeness (QED) is 0.312. The summed E-state index contributed by atoms with van der Waals surface area (Å²) < 4.78 is 36.2. The van der Waals surface area contributed by atoms with Crippen LogP contribution in [0.2, 0.25) is 0 Å². The summed E-state index contributed by atoms with van der Waals surface area (Å²) in [4.78, 5) is 23.1. The van der Waals surface area contributed by atoms with Crippen LogP contribution in [0.3, 0.4) is 0 Å². The summed E-state index contributed by atoms with van der Waals surface area (Å²) in [6.45, 7) is 3.30. The molecule has 0 radical (unpaired) electrons. The van der Waals surface area contributed by atoms with Gasteiger partial charge in [0.1, 0.15) is 5.75 Å². The molecule has 0 aliphatic carbocycles. The molecule has 2 aromatic rings. The maximum absolute atomic E-state index is 12.6. The second-order valence-corrected chi connectivity index (χ2v) is 8.30. The minimum absolute atomic E-state index is 0.0336. The van der Waals surface area contributed by atoms with Crippen molar-refractivity contribution in [2.24, 2.45) is 0 Å². The predicted octanol–water partition coefficient (Wildman–Crippen LogP) is 2.69. The van der Waals surface area contributed by atoms with Crippen LogP contribution in [0.15, 0.2) is 35.2 Å². The fraction of sp³-hybridized carbons (Fsp3) is 0.278. The number of sulfonamides is 1. The number of nitro groups is 1. The molecule has 0 aliphatic rings. The van der Waals surface area contributed by atoms with Gasteiger partial charge in [-0.2, -0.15) is 0 Å². The molecule has 2 aromatic carbocycles. The molecule has 0 heterocycles. The van der Waals surface area contributed by atoms with Crippen molar-refractivity contribution < 1.29 is 27.6 Å². The van der Waals surface area contributed by atoms with Crippen LogP contribution >= 0.6 is 0 Å². The molecule has 0 N–H and O–H groups in total. The molecule has 0 aliphatic heterocycles. The molecule has 9 nitrogen and oxygen atoms in total. The first-order chi connectivity index (χ1) is 13.0. The Hall–Kier alpha value is -2.98. The van der Waals surface area contributed by atoms with Crippen molar-refractivity contribution in [2.75, 3.05) is 21.2 Å². The zero-order valence-electron chi connectivity index (χ0n) is 16.0. The maximum Gasteiger partial charge on any atom is 0.343 e. The number of nitro benzene ring substituents is 1. The Kier molecular flexibility index (Phi) is 6.05. The topological polar surface area (TPSA) is 116 Å². The van der Waals surface area contributed by atoms with E-state index in [0.29, 0.717) is 11.1 Å². The third-order valence-electron chi connectivity index (χ3n) is 4.18. The average molecular weight is 408 g/mol. The molecule has 0 spiro atoms. The fourth-order valence-electron chi connectivity index (χ4n) is 2.42. The van der Waals surface area contributed by atoms with E-state index in [1.807, 2.05) is 0 Å². The van der Waals surface area contributed by atoms with Gasteiger partial charge in [0.25, 0.3) is 0 Å². The fourth-order valence-corrected chi connectivity index (χ4v) is 3.64. The molecule has 0 amide bonds. The van der Waals surface area contributed by atoms with E-state index in [1.54, 1.807) is 13.8 Å².